The van der Waals surface area contributed by atoms with Gasteiger partial charge in [0.05, 0.1) is 25.3 Å². The molecule has 1 fully saturated rings. The van der Waals surface area contributed by atoms with Crippen LogP contribution in [0.3, 0.4) is 0 Å². The van der Waals surface area contributed by atoms with Crippen LogP contribution in [0.25, 0.3) is 11.1 Å². The molecule has 0 bridgehead atoms. The summed E-state index contributed by atoms with van der Waals surface area (Å²) in [7, 11) is 2.95. The summed E-state index contributed by atoms with van der Waals surface area (Å²) in [6, 6.07) is 22.6. The zero-order valence-electron chi connectivity index (χ0n) is 25.0. The Kier molecular flexibility index (Phi) is 8.59. The van der Waals surface area contributed by atoms with Crippen LogP contribution >= 0.6 is 0 Å². The number of benzene rings is 4. The van der Waals surface area contributed by atoms with E-state index in [1.165, 1.54) is 19.2 Å². The first-order valence-corrected chi connectivity index (χ1v) is 14.3. The largest absolute Gasteiger partial charge is 0.497 e. The molecule has 1 atom stereocenters. The number of rotatable bonds is 9. The Hall–Kier alpha value is -4.53. The van der Waals surface area contributed by atoms with E-state index in [0.717, 1.165) is 23.3 Å². The molecule has 0 aromatic heterocycles. The lowest BCUT2D eigenvalue weighted by Crippen LogP contribution is -2.46. The van der Waals surface area contributed by atoms with Gasteiger partial charge in [-0.05, 0) is 64.1 Å². The summed E-state index contributed by atoms with van der Waals surface area (Å²) in [6.07, 6.45) is -4.42. The molecule has 1 unspecified atom stereocenters. The number of hydrogen-bond donors (Lipinski definition) is 1. The van der Waals surface area contributed by atoms with Gasteiger partial charge in [-0.1, -0.05) is 62.4 Å². The van der Waals surface area contributed by atoms with Gasteiger partial charge in [0.15, 0.2) is 0 Å². The number of nitrogens with one attached hydrogen (secondary N) is 1. The second-order valence-electron chi connectivity index (χ2n) is 11.3. The van der Waals surface area contributed by atoms with E-state index in [2.05, 4.69) is 5.32 Å². The fourth-order valence-corrected chi connectivity index (χ4v) is 5.91. The Morgan fingerprint density at radius 3 is 2.20 bits per heavy atom. The van der Waals surface area contributed by atoms with Crippen molar-refractivity contribution in [2.75, 3.05) is 20.8 Å². The number of nitrogens with zero attached hydrogens (tertiary/aromatic N) is 1. The number of methoxy groups -OCH3 is 2. The fourth-order valence-electron chi connectivity index (χ4n) is 5.91. The molecule has 9 heteroatoms. The predicted octanol–water partition coefficient (Wildman–Crippen LogP) is 8.32. The van der Waals surface area contributed by atoms with Gasteiger partial charge in [0.25, 0.3) is 0 Å². The summed E-state index contributed by atoms with van der Waals surface area (Å²) < 4.78 is 68.9. The molecule has 1 saturated heterocycles. The maximum absolute atomic E-state index is 15.1. The number of ether oxygens (including phenoxy) is 2. The number of amides is 2. The zero-order valence-corrected chi connectivity index (χ0v) is 25.0. The highest BCUT2D eigenvalue weighted by molar-refractivity contribution is 5.82. The molecule has 1 aliphatic heterocycles. The Morgan fingerprint density at radius 1 is 0.886 bits per heavy atom. The molecule has 0 saturated carbocycles. The predicted molar refractivity (Wildman–Crippen MR) is 161 cm³/mol. The lowest BCUT2D eigenvalue weighted by Gasteiger charge is -2.40. The first kappa shape index (κ1) is 30.9. The van der Waals surface area contributed by atoms with Gasteiger partial charge in [-0.3, -0.25) is 0 Å². The van der Waals surface area contributed by atoms with Gasteiger partial charge < -0.3 is 19.7 Å². The standard InChI is InChI=1S/C35H34F4N2O3/c1-22(2)28-17-29(32(44-4)18-31(28)36)27-15-12-25(35(37,38)39)16-30(27)34(19-23-8-6-5-7-9-23)21-40-33(42)41(34)20-24-10-13-26(43-3)14-11-24/h5-18,22H,19-21H2,1-4H3,(H,40,42). The van der Waals surface area contributed by atoms with Crippen LogP contribution in [-0.2, 0) is 24.7 Å². The van der Waals surface area contributed by atoms with Crippen molar-refractivity contribution >= 4 is 6.03 Å². The van der Waals surface area contributed by atoms with Crippen molar-refractivity contribution < 1.29 is 31.8 Å². The lowest BCUT2D eigenvalue weighted by molar-refractivity contribution is -0.137. The molecule has 1 aliphatic rings. The summed E-state index contributed by atoms with van der Waals surface area (Å²) in [5.74, 6) is 0.158. The van der Waals surface area contributed by atoms with Crippen LogP contribution in [0.15, 0.2) is 84.9 Å². The van der Waals surface area contributed by atoms with Crippen molar-refractivity contribution in [3.63, 3.8) is 0 Å². The first-order valence-electron chi connectivity index (χ1n) is 14.3. The van der Waals surface area contributed by atoms with Crippen LogP contribution in [-0.4, -0.2) is 31.7 Å². The molecular weight excluding hydrogens is 572 g/mol. The van der Waals surface area contributed by atoms with Crippen LogP contribution in [0, 0.1) is 5.82 Å². The van der Waals surface area contributed by atoms with Gasteiger partial charge in [0.1, 0.15) is 17.3 Å². The average Bonchev–Trinajstić information content (AvgIpc) is 3.31. The second-order valence-corrected chi connectivity index (χ2v) is 11.3. The van der Waals surface area contributed by atoms with Gasteiger partial charge in [-0.25, -0.2) is 9.18 Å². The number of carbonyl (C=O) groups excluding carboxylic acids is 1. The molecule has 0 spiro atoms. The van der Waals surface area contributed by atoms with Crippen molar-refractivity contribution in [3.05, 3.63) is 119 Å². The summed E-state index contributed by atoms with van der Waals surface area (Å²) in [6.45, 7) is 3.85. The highest BCUT2D eigenvalue weighted by Crippen LogP contribution is 2.47. The van der Waals surface area contributed by atoms with Gasteiger partial charge in [0, 0.05) is 31.1 Å². The molecule has 0 aliphatic carbocycles. The molecule has 230 valence electrons. The summed E-state index contributed by atoms with van der Waals surface area (Å²) in [5, 5.41) is 2.92. The number of alkyl halides is 3. The Bertz CT molecular complexity index is 1640. The van der Waals surface area contributed by atoms with Crippen molar-refractivity contribution in [2.45, 2.75) is 44.4 Å². The molecule has 4 aromatic carbocycles. The van der Waals surface area contributed by atoms with Crippen molar-refractivity contribution in [1.82, 2.24) is 10.2 Å². The minimum atomic E-state index is -4.64. The van der Waals surface area contributed by atoms with E-state index in [1.807, 2.05) is 56.3 Å². The first-order chi connectivity index (χ1) is 21.0. The van der Waals surface area contributed by atoms with Crippen LogP contribution in [0.4, 0.5) is 22.4 Å². The molecule has 44 heavy (non-hydrogen) atoms. The maximum Gasteiger partial charge on any atom is 0.416 e. The minimum absolute atomic E-state index is 0.0474. The topological polar surface area (TPSA) is 50.8 Å². The van der Waals surface area contributed by atoms with E-state index in [1.54, 1.807) is 30.2 Å². The number of hydrogen-bond acceptors (Lipinski definition) is 3. The van der Waals surface area contributed by atoms with Gasteiger partial charge in [0.2, 0.25) is 0 Å². The third-order valence-corrected chi connectivity index (χ3v) is 8.21. The van der Waals surface area contributed by atoms with Gasteiger partial charge >= 0.3 is 12.2 Å². The average molecular weight is 607 g/mol. The van der Waals surface area contributed by atoms with Crippen LogP contribution in [0.1, 0.15) is 47.6 Å². The molecule has 1 N–H and O–H groups in total. The van der Waals surface area contributed by atoms with E-state index < -0.39 is 29.1 Å². The summed E-state index contributed by atoms with van der Waals surface area (Å²) in [5.41, 5.74) is 1.05. The highest BCUT2D eigenvalue weighted by atomic mass is 19.4. The fraction of sp³-hybridized carbons (Fsp3) is 0.286. The molecule has 1 heterocycles. The third kappa shape index (κ3) is 5.96. The van der Waals surface area contributed by atoms with Crippen LogP contribution in [0.2, 0.25) is 0 Å². The van der Waals surface area contributed by atoms with E-state index in [4.69, 9.17) is 9.47 Å². The van der Waals surface area contributed by atoms with Gasteiger partial charge in [-0.15, -0.1) is 0 Å². The summed E-state index contributed by atoms with van der Waals surface area (Å²) in [4.78, 5) is 15.2. The zero-order chi connectivity index (χ0) is 31.6. The summed E-state index contributed by atoms with van der Waals surface area (Å²) >= 11 is 0. The van der Waals surface area contributed by atoms with E-state index in [9.17, 15) is 18.0 Å². The Labute approximate surface area is 254 Å². The smallest absolute Gasteiger partial charge is 0.416 e. The normalized spacial score (nSPS) is 16.8. The molecule has 0 radical (unpaired) electrons. The molecule has 5 nitrogen and oxygen atoms in total. The quantitative estimate of drug-likeness (QED) is 0.195. The monoisotopic (exact) mass is 606 g/mol. The number of urea groups is 1. The minimum Gasteiger partial charge on any atom is -0.497 e. The number of halogens is 4. The Morgan fingerprint density at radius 2 is 1.59 bits per heavy atom. The highest BCUT2D eigenvalue weighted by Gasteiger charge is 2.49. The maximum atomic E-state index is 15.1. The molecular formula is C35H34F4N2O3. The van der Waals surface area contributed by atoms with Gasteiger partial charge in [-0.2, -0.15) is 13.2 Å². The van der Waals surface area contributed by atoms with E-state index >= 15 is 4.39 Å². The second kappa shape index (κ2) is 12.2. The van der Waals surface area contributed by atoms with Crippen molar-refractivity contribution in [1.29, 1.82) is 0 Å². The van der Waals surface area contributed by atoms with E-state index in [-0.39, 0.29) is 36.7 Å². The van der Waals surface area contributed by atoms with E-state index in [0.29, 0.717) is 22.4 Å². The molecule has 2 amide bonds. The Balaban J connectivity index is 1.80. The molecule has 4 aromatic rings. The van der Waals surface area contributed by atoms with Crippen LogP contribution in [0.5, 0.6) is 11.5 Å². The lowest BCUT2D eigenvalue weighted by atomic mass is 9.77. The SMILES string of the molecule is COc1ccc(CN2C(=O)NCC2(Cc2ccccc2)c2cc(C(F)(F)F)ccc2-c2cc(C(C)C)c(F)cc2OC)cc1. The van der Waals surface area contributed by atoms with Crippen molar-refractivity contribution in [3.8, 4) is 22.6 Å². The number of carbonyl (C=O) groups is 1. The third-order valence-electron chi connectivity index (χ3n) is 8.21. The van der Waals surface area contributed by atoms with Crippen molar-refractivity contribution in [2.24, 2.45) is 0 Å². The molecule has 5 rings (SSSR count). The van der Waals surface area contributed by atoms with Crippen LogP contribution < -0.4 is 14.8 Å².